The molecular weight excluding hydrogens is 362 g/mol. The molecule has 3 nitrogen and oxygen atoms in total. The molecule has 0 saturated carbocycles. The molecule has 4 rings (SSSR count). The van der Waals surface area contributed by atoms with Gasteiger partial charge in [-0.05, 0) is 43.4 Å². The summed E-state index contributed by atoms with van der Waals surface area (Å²) in [5.41, 5.74) is 2.24. The summed E-state index contributed by atoms with van der Waals surface area (Å²) in [6.45, 7) is 8.46. The predicted octanol–water partition coefficient (Wildman–Crippen LogP) is 5.83. The number of hydrogen-bond donors (Lipinski definition) is 0. The number of likely N-dealkylation sites (N-methyl/N-ethyl adjacent to an activating group) is 1. The standard InChI is InChI=1S/C21H22ClN3S/c1-3-24(4-2)11-12-25-18-10-9-16(22)14-19(18)26-20-13-15-7-5-6-8-17(15)23-21(20)25/h5-10,13-14H,3-4,11-12H2,1-2H3. The molecule has 0 aliphatic carbocycles. The maximum Gasteiger partial charge on any atom is 0.147 e. The van der Waals surface area contributed by atoms with Gasteiger partial charge in [-0.1, -0.05) is 55.4 Å². The van der Waals surface area contributed by atoms with Crippen molar-refractivity contribution in [2.45, 2.75) is 23.6 Å². The zero-order valence-corrected chi connectivity index (χ0v) is 16.6. The van der Waals surface area contributed by atoms with Crippen molar-refractivity contribution in [1.82, 2.24) is 9.88 Å². The topological polar surface area (TPSA) is 19.4 Å². The summed E-state index contributed by atoms with van der Waals surface area (Å²) in [5, 5.41) is 1.95. The zero-order valence-electron chi connectivity index (χ0n) is 15.1. The quantitative estimate of drug-likeness (QED) is 0.551. The van der Waals surface area contributed by atoms with Gasteiger partial charge in [0, 0.05) is 28.4 Å². The van der Waals surface area contributed by atoms with Gasteiger partial charge in [0.2, 0.25) is 0 Å². The molecule has 0 saturated heterocycles. The highest BCUT2D eigenvalue weighted by molar-refractivity contribution is 7.99. The SMILES string of the molecule is CCN(CC)CCN1c2ccc(Cl)cc2Sc2cc3ccccc3nc21. The fourth-order valence-corrected chi connectivity index (χ4v) is 4.76. The first kappa shape index (κ1) is 17.7. The molecule has 0 unspecified atom stereocenters. The highest BCUT2D eigenvalue weighted by Crippen LogP contribution is 2.48. The Hall–Kier alpha value is -1.75. The Balaban J connectivity index is 1.79. The third-order valence-corrected chi connectivity index (χ3v) is 6.19. The molecule has 0 radical (unpaired) electrons. The molecular formula is C21H22ClN3S. The van der Waals surface area contributed by atoms with E-state index in [1.165, 1.54) is 20.9 Å². The number of aromatic nitrogens is 1. The van der Waals surface area contributed by atoms with E-state index in [0.29, 0.717) is 0 Å². The lowest BCUT2D eigenvalue weighted by Crippen LogP contribution is -2.34. The summed E-state index contributed by atoms with van der Waals surface area (Å²) in [4.78, 5) is 12.2. The second kappa shape index (κ2) is 7.47. The molecule has 2 heterocycles. The van der Waals surface area contributed by atoms with E-state index in [1.807, 2.05) is 12.1 Å². The summed E-state index contributed by atoms with van der Waals surface area (Å²) < 4.78 is 0. The van der Waals surface area contributed by atoms with Crippen LogP contribution in [-0.2, 0) is 0 Å². The molecule has 0 atom stereocenters. The van der Waals surface area contributed by atoms with Crippen LogP contribution < -0.4 is 4.90 Å². The van der Waals surface area contributed by atoms with Crippen LogP contribution in [0.5, 0.6) is 0 Å². The monoisotopic (exact) mass is 383 g/mol. The first-order valence-corrected chi connectivity index (χ1v) is 10.3. The number of rotatable bonds is 5. The van der Waals surface area contributed by atoms with Gasteiger partial charge in [-0.15, -0.1) is 0 Å². The summed E-state index contributed by atoms with van der Waals surface area (Å²) in [6.07, 6.45) is 0. The molecule has 0 bridgehead atoms. The number of nitrogens with zero attached hydrogens (tertiary/aromatic N) is 3. The van der Waals surface area contributed by atoms with Crippen molar-refractivity contribution in [2.75, 3.05) is 31.1 Å². The minimum Gasteiger partial charge on any atom is -0.323 e. The van der Waals surface area contributed by atoms with E-state index < -0.39 is 0 Å². The number of hydrogen-bond acceptors (Lipinski definition) is 4. The maximum atomic E-state index is 6.26. The van der Waals surface area contributed by atoms with Gasteiger partial charge < -0.3 is 9.80 Å². The molecule has 26 heavy (non-hydrogen) atoms. The lowest BCUT2D eigenvalue weighted by atomic mass is 10.2. The largest absolute Gasteiger partial charge is 0.323 e. The number of fused-ring (bicyclic) bond motifs is 3. The Labute approximate surface area is 164 Å². The van der Waals surface area contributed by atoms with Crippen LogP contribution in [-0.4, -0.2) is 36.1 Å². The number of para-hydroxylation sites is 1. The van der Waals surface area contributed by atoms with Crippen molar-refractivity contribution in [3.63, 3.8) is 0 Å². The summed E-state index contributed by atoms with van der Waals surface area (Å²) >= 11 is 8.02. The van der Waals surface area contributed by atoms with Gasteiger partial charge in [0.15, 0.2) is 0 Å². The minimum atomic E-state index is 0.775. The van der Waals surface area contributed by atoms with Crippen LogP contribution in [0.3, 0.4) is 0 Å². The Kier molecular flexibility index (Phi) is 5.07. The number of anilines is 2. The van der Waals surface area contributed by atoms with Crippen molar-refractivity contribution >= 4 is 45.8 Å². The summed E-state index contributed by atoms with van der Waals surface area (Å²) in [5.74, 6) is 1.05. The van der Waals surface area contributed by atoms with Crippen LogP contribution in [0, 0.1) is 0 Å². The van der Waals surface area contributed by atoms with Gasteiger partial charge in [0.25, 0.3) is 0 Å². The lowest BCUT2D eigenvalue weighted by molar-refractivity contribution is 0.312. The fraction of sp³-hybridized carbons (Fsp3) is 0.286. The molecule has 1 aliphatic heterocycles. The third-order valence-electron chi connectivity index (χ3n) is 4.89. The van der Waals surface area contributed by atoms with Crippen LogP contribution in [0.1, 0.15) is 13.8 Å². The van der Waals surface area contributed by atoms with E-state index in [-0.39, 0.29) is 0 Å². The average molecular weight is 384 g/mol. The second-order valence-electron chi connectivity index (χ2n) is 6.40. The maximum absolute atomic E-state index is 6.26. The molecule has 1 aliphatic rings. The van der Waals surface area contributed by atoms with E-state index in [1.54, 1.807) is 11.8 Å². The van der Waals surface area contributed by atoms with Gasteiger partial charge >= 0.3 is 0 Å². The van der Waals surface area contributed by atoms with E-state index in [4.69, 9.17) is 16.6 Å². The Morgan fingerprint density at radius 1 is 1.04 bits per heavy atom. The van der Waals surface area contributed by atoms with Crippen molar-refractivity contribution in [2.24, 2.45) is 0 Å². The first-order chi connectivity index (χ1) is 12.7. The molecule has 134 valence electrons. The second-order valence-corrected chi connectivity index (χ2v) is 7.92. The summed E-state index contributed by atoms with van der Waals surface area (Å²) in [6, 6.07) is 16.7. The van der Waals surface area contributed by atoms with Gasteiger partial charge in [0.05, 0.1) is 16.1 Å². The molecule has 1 aromatic heterocycles. The Morgan fingerprint density at radius 3 is 2.65 bits per heavy atom. The van der Waals surface area contributed by atoms with Crippen molar-refractivity contribution in [3.8, 4) is 0 Å². The first-order valence-electron chi connectivity index (χ1n) is 9.06. The van der Waals surface area contributed by atoms with Crippen molar-refractivity contribution in [3.05, 3.63) is 53.6 Å². The average Bonchev–Trinajstić information content (AvgIpc) is 2.66. The Bertz CT molecular complexity index is 940. The van der Waals surface area contributed by atoms with Crippen LogP contribution in [0.2, 0.25) is 5.02 Å². The van der Waals surface area contributed by atoms with Crippen LogP contribution in [0.15, 0.2) is 58.3 Å². The van der Waals surface area contributed by atoms with E-state index in [9.17, 15) is 0 Å². The molecule has 0 fully saturated rings. The van der Waals surface area contributed by atoms with E-state index >= 15 is 0 Å². The van der Waals surface area contributed by atoms with Gasteiger partial charge in [0.1, 0.15) is 5.82 Å². The number of pyridine rings is 1. The Morgan fingerprint density at radius 2 is 1.85 bits per heavy atom. The van der Waals surface area contributed by atoms with E-state index in [2.05, 4.69) is 60.0 Å². The van der Waals surface area contributed by atoms with Crippen molar-refractivity contribution in [1.29, 1.82) is 0 Å². The molecule has 3 aromatic rings. The van der Waals surface area contributed by atoms with Crippen LogP contribution in [0.25, 0.3) is 10.9 Å². The fourth-order valence-electron chi connectivity index (χ4n) is 3.39. The highest BCUT2D eigenvalue weighted by atomic mass is 35.5. The van der Waals surface area contributed by atoms with Gasteiger partial charge in [-0.3, -0.25) is 0 Å². The van der Waals surface area contributed by atoms with Gasteiger partial charge in [-0.2, -0.15) is 0 Å². The molecule has 2 aromatic carbocycles. The third kappa shape index (κ3) is 3.29. The number of benzene rings is 2. The normalized spacial score (nSPS) is 13.2. The van der Waals surface area contributed by atoms with E-state index in [0.717, 1.165) is 42.5 Å². The predicted molar refractivity (Wildman–Crippen MR) is 112 cm³/mol. The summed E-state index contributed by atoms with van der Waals surface area (Å²) in [7, 11) is 0. The van der Waals surface area contributed by atoms with Crippen LogP contribution >= 0.6 is 23.4 Å². The van der Waals surface area contributed by atoms with Crippen LogP contribution in [0.4, 0.5) is 11.5 Å². The molecule has 5 heteroatoms. The highest BCUT2D eigenvalue weighted by Gasteiger charge is 2.25. The molecule has 0 N–H and O–H groups in total. The molecule has 0 spiro atoms. The number of halogens is 1. The van der Waals surface area contributed by atoms with Crippen molar-refractivity contribution < 1.29 is 0 Å². The van der Waals surface area contributed by atoms with Gasteiger partial charge in [-0.25, -0.2) is 4.98 Å². The lowest BCUT2D eigenvalue weighted by Gasteiger charge is -2.33. The zero-order chi connectivity index (χ0) is 18.1. The molecule has 0 amide bonds. The minimum absolute atomic E-state index is 0.775. The smallest absolute Gasteiger partial charge is 0.147 e.